The molecule has 0 aromatic heterocycles. The molecule has 1 aromatic rings. The lowest BCUT2D eigenvalue weighted by Gasteiger charge is -2.45. The molecule has 1 aromatic carbocycles. The summed E-state index contributed by atoms with van der Waals surface area (Å²) < 4.78 is 5.95. The molecule has 3 unspecified atom stereocenters. The molecule has 2 fully saturated rings. The molecule has 2 N–H and O–H groups in total. The van der Waals surface area contributed by atoms with Gasteiger partial charge in [-0.25, -0.2) is 0 Å². The predicted octanol–water partition coefficient (Wildman–Crippen LogP) is 2.72. The summed E-state index contributed by atoms with van der Waals surface area (Å²) in [7, 11) is 0. The second-order valence-corrected chi connectivity index (χ2v) is 6.30. The number of nitrogens with zero attached hydrogens (tertiary/aromatic N) is 1. The second-order valence-electron chi connectivity index (χ2n) is 6.30. The molecule has 3 rings (SSSR count). The maximum absolute atomic E-state index is 5.95. The summed E-state index contributed by atoms with van der Waals surface area (Å²) in [6, 6.07) is 9.78. The van der Waals surface area contributed by atoms with E-state index >= 15 is 0 Å². The van der Waals surface area contributed by atoms with E-state index in [0.29, 0.717) is 12.1 Å². The van der Waals surface area contributed by atoms with E-state index in [1.54, 1.807) is 0 Å². The Hall–Kier alpha value is -1.06. The van der Waals surface area contributed by atoms with Crippen molar-refractivity contribution in [2.24, 2.45) is 5.73 Å². The molecule has 1 saturated carbocycles. The van der Waals surface area contributed by atoms with Crippen molar-refractivity contribution < 1.29 is 4.74 Å². The van der Waals surface area contributed by atoms with Gasteiger partial charge in [-0.15, -0.1) is 0 Å². The van der Waals surface area contributed by atoms with Crippen molar-refractivity contribution in [3.05, 3.63) is 29.8 Å². The third kappa shape index (κ3) is 2.99. The van der Waals surface area contributed by atoms with E-state index in [2.05, 4.69) is 36.1 Å². The van der Waals surface area contributed by atoms with Crippen molar-refractivity contribution in [1.29, 1.82) is 0 Å². The van der Waals surface area contributed by atoms with E-state index in [4.69, 9.17) is 10.5 Å². The molecular formula is C17H26N2O. The first-order valence-corrected chi connectivity index (χ1v) is 7.97. The van der Waals surface area contributed by atoms with Crippen LogP contribution in [0.15, 0.2) is 24.3 Å². The topological polar surface area (TPSA) is 38.5 Å². The molecule has 0 bridgehead atoms. The van der Waals surface area contributed by atoms with Gasteiger partial charge in [0.25, 0.3) is 0 Å². The fourth-order valence-electron chi connectivity index (χ4n) is 3.61. The summed E-state index contributed by atoms with van der Waals surface area (Å²) in [6.45, 7) is 3.94. The van der Waals surface area contributed by atoms with Crippen LogP contribution in [-0.4, -0.2) is 31.3 Å². The summed E-state index contributed by atoms with van der Waals surface area (Å²) in [5, 5.41) is 0. The fourth-order valence-corrected chi connectivity index (χ4v) is 3.61. The van der Waals surface area contributed by atoms with Crippen LogP contribution in [0.1, 0.15) is 38.2 Å². The number of morpholine rings is 1. The minimum atomic E-state index is 0.229. The summed E-state index contributed by atoms with van der Waals surface area (Å²) in [6.07, 6.45) is 6.55. The first-order valence-electron chi connectivity index (χ1n) is 7.97. The minimum Gasteiger partial charge on any atom is -0.374 e. The highest BCUT2D eigenvalue weighted by Crippen LogP contribution is 2.32. The molecule has 0 amide bonds. The first kappa shape index (κ1) is 13.9. The maximum atomic E-state index is 5.95. The molecule has 1 aliphatic carbocycles. The van der Waals surface area contributed by atoms with Crippen LogP contribution in [0.3, 0.4) is 0 Å². The van der Waals surface area contributed by atoms with Crippen molar-refractivity contribution in [2.75, 3.05) is 18.1 Å². The Morgan fingerprint density at radius 1 is 1.25 bits per heavy atom. The summed E-state index contributed by atoms with van der Waals surface area (Å²) >= 11 is 0. The number of hydrogen-bond donors (Lipinski definition) is 1. The Bertz CT molecular complexity index is 427. The van der Waals surface area contributed by atoms with Gasteiger partial charge in [-0.1, -0.05) is 25.0 Å². The maximum Gasteiger partial charge on any atom is 0.0779 e. The Kier molecular flexibility index (Phi) is 4.27. The normalized spacial score (nSPS) is 28.0. The van der Waals surface area contributed by atoms with Crippen molar-refractivity contribution in [3.8, 4) is 0 Å². The smallest absolute Gasteiger partial charge is 0.0779 e. The number of hydrogen-bond acceptors (Lipinski definition) is 3. The second kappa shape index (κ2) is 6.15. The van der Waals surface area contributed by atoms with Crippen molar-refractivity contribution in [2.45, 2.75) is 57.2 Å². The summed E-state index contributed by atoms with van der Waals surface area (Å²) in [4.78, 5) is 2.56. The van der Waals surface area contributed by atoms with E-state index in [0.717, 1.165) is 19.6 Å². The Morgan fingerprint density at radius 3 is 2.75 bits per heavy atom. The summed E-state index contributed by atoms with van der Waals surface area (Å²) in [5.74, 6) is 0. The van der Waals surface area contributed by atoms with Gasteiger partial charge in [0, 0.05) is 18.3 Å². The van der Waals surface area contributed by atoms with Crippen molar-refractivity contribution in [1.82, 2.24) is 0 Å². The average Bonchev–Trinajstić information content (AvgIpc) is 2.47. The molecule has 1 aliphatic heterocycles. The van der Waals surface area contributed by atoms with E-state index in [-0.39, 0.29) is 6.04 Å². The number of anilines is 1. The van der Waals surface area contributed by atoms with Crippen LogP contribution in [0.5, 0.6) is 0 Å². The van der Waals surface area contributed by atoms with Gasteiger partial charge in [0.15, 0.2) is 0 Å². The molecule has 20 heavy (non-hydrogen) atoms. The van der Waals surface area contributed by atoms with Crippen LogP contribution >= 0.6 is 0 Å². The average molecular weight is 274 g/mol. The van der Waals surface area contributed by atoms with Crippen LogP contribution < -0.4 is 10.6 Å². The van der Waals surface area contributed by atoms with Gasteiger partial charge in [0.05, 0.1) is 18.8 Å². The van der Waals surface area contributed by atoms with Crippen LogP contribution in [0, 0.1) is 0 Å². The van der Waals surface area contributed by atoms with Crippen molar-refractivity contribution >= 4 is 5.69 Å². The van der Waals surface area contributed by atoms with E-state index in [9.17, 15) is 0 Å². The lowest BCUT2D eigenvalue weighted by Crippen LogP contribution is -2.52. The van der Waals surface area contributed by atoms with E-state index < -0.39 is 0 Å². The molecule has 3 heteroatoms. The van der Waals surface area contributed by atoms with Crippen LogP contribution in [-0.2, 0) is 11.2 Å². The molecule has 0 radical (unpaired) electrons. The zero-order valence-electron chi connectivity index (χ0n) is 12.4. The highest BCUT2D eigenvalue weighted by Gasteiger charge is 2.34. The number of ether oxygens (including phenoxy) is 1. The van der Waals surface area contributed by atoms with Gasteiger partial charge in [0.2, 0.25) is 0 Å². The van der Waals surface area contributed by atoms with Crippen LogP contribution in [0.25, 0.3) is 0 Å². The Morgan fingerprint density at radius 2 is 2.00 bits per heavy atom. The molecule has 3 atom stereocenters. The largest absolute Gasteiger partial charge is 0.374 e. The van der Waals surface area contributed by atoms with Gasteiger partial charge in [-0.3, -0.25) is 0 Å². The molecule has 0 spiro atoms. The predicted molar refractivity (Wildman–Crippen MR) is 83.1 cm³/mol. The fraction of sp³-hybridized carbons (Fsp3) is 0.647. The molecule has 3 nitrogen and oxygen atoms in total. The quantitative estimate of drug-likeness (QED) is 0.921. The van der Waals surface area contributed by atoms with Gasteiger partial charge in [-0.2, -0.15) is 0 Å². The van der Waals surface area contributed by atoms with Crippen molar-refractivity contribution in [3.63, 3.8) is 0 Å². The molecular weight excluding hydrogens is 248 g/mol. The number of benzene rings is 1. The molecule has 1 heterocycles. The Balaban J connectivity index is 1.73. The van der Waals surface area contributed by atoms with Gasteiger partial charge < -0.3 is 15.4 Å². The van der Waals surface area contributed by atoms with Gasteiger partial charge in [-0.05, 0) is 43.9 Å². The minimum absolute atomic E-state index is 0.229. The lowest BCUT2D eigenvalue weighted by atomic mass is 9.89. The SMILES string of the molecule is CC(N)Cc1ccc(N2CCOC3CCCCC32)cc1. The van der Waals surface area contributed by atoms with Crippen LogP contribution in [0.4, 0.5) is 5.69 Å². The molecule has 2 aliphatic rings. The highest BCUT2D eigenvalue weighted by atomic mass is 16.5. The Labute approximate surface area is 122 Å². The third-order valence-corrected chi connectivity index (χ3v) is 4.56. The number of fused-ring (bicyclic) bond motifs is 1. The van der Waals surface area contributed by atoms with Crippen LogP contribution in [0.2, 0.25) is 0 Å². The zero-order chi connectivity index (χ0) is 13.9. The number of rotatable bonds is 3. The van der Waals surface area contributed by atoms with Gasteiger partial charge >= 0.3 is 0 Å². The lowest BCUT2D eigenvalue weighted by molar-refractivity contribution is -0.00867. The zero-order valence-corrected chi connectivity index (χ0v) is 12.4. The number of nitrogens with two attached hydrogens (primary N) is 1. The third-order valence-electron chi connectivity index (χ3n) is 4.56. The van der Waals surface area contributed by atoms with Gasteiger partial charge in [0.1, 0.15) is 0 Å². The van der Waals surface area contributed by atoms with E-state index in [1.165, 1.54) is 36.9 Å². The molecule has 1 saturated heterocycles. The summed E-state index contributed by atoms with van der Waals surface area (Å²) in [5.41, 5.74) is 8.54. The molecule has 110 valence electrons. The highest BCUT2D eigenvalue weighted by molar-refractivity contribution is 5.49. The first-order chi connectivity index (χ1) is 9.74. The monoisotopic (exact) mass is 274 g/mol. The standard InChI is InChI=1S/C17H26N2O/c1-13(18)12-14-6-8-15(9-7-14)19-10-11-20-17-5-3-2-4-16(17)19/h6-9,13,16-17H,2-5,10-12,18H2,1H3. The van der Waals surface area contributed by atoms with E-state index in [1.807, 2.05) is 0 Å².